The molecule has 2 N–H and O–H groups in total. The Balaban J connectivity index is 2.70. The van der Waals surface area contributed by atoms with Crippen LogP contribution in [0.25, 0.3) is 0 Å². The summed E-state index contributed by atoms with van der Waals surface area (Å²) in [7, 11) is 4.40. The van der Waals surface area contributed by atoms with Crippen molar-refractivity contribution in [2.75, 3.05) is 14.1 Å². The van der Waals surface area contributed by atoms with Gasteiger partial charge in [0, 0.05) is 11.6 Å². The van der Waals surface area contributed by atoms with Crippen molar-refractivity contribution in [3.63, 3.8) is 0 Å². The van der Waals surface area contributed by atoms with Gasteiger partial charge in [-0.15, -0.1) is 0 Å². The van der Waals surface area contributed by atoms with Crippen LogP contribution in [0, 0.1) is 5.92 Å². The van der Waals surface area contributed by atoms with Crippen molar-refractivity contribution >= 4 is 0 Å². The highest BCUT2D eigenvalue weighted by atomic mass is 15.2. The van der Waals surface area contributed by atoms with Gasteiger partial charge in [0.05, 0.1) is 0 Å². The van der Waals surface area contributed by atoms with Gasteiger partial charge in [0.1, 0.15) is 0 Å². The summed E-state index contributed by atoms with van der Waals surface area (Å²) in [5, 5.41) is 0. The van der Waals surface area contributed by atoms with Crippen LogP contribution in [-0.2, 0) is 0 Å². The number of rotatable bonds is 4. The lowest BCUT2D eigenvalue weighted by atomic mass is 9.71. The summed E-state index contributed by atoms with van der Waals surface area (Å²) < 4.78 is 0. The predicted octanol–water partition coefficient (Wildman–Crippen LogP) is 2.62. The lowest BCUT2D eigenvalue weighted by Gasteiger charge is -2.48. The van der Waals surface area contributed by atoms with E-state index < -0.39 is 0 Å². The monoisotopic (exact) mass is 212 g/mol. The molecule has 2 nitrogen and oxygen atoms in total. The number of hydrogen-bond acceptors (Lipinski definition) is 2. The summed E-state index contributed by atoms with van der Waals surface area (Å²) in [4.78, 5) is 2.39. The minimum Gasteiger partial charge on any atom is -0.326 e. The van der Waals surface area contributed by atoms with Gasteiger partial charge in [-0.25, -0.2) is 0 Å². The van der Waals surface area contributed by atoms with Gasteiger partial charge >= 0.3 is 0 Å². The summed E-state index contributed by atoms with van der Waals surface area (Å²) in [6.07, 6.45) is 7.61. The fourth-order valence-electron chi connectivity index (χ4n) is 2.99. The Morgan fingerprint density at radius 3 is 2.27 bits per heavy atom. The highest BCUT2D eigenvalue weighted by Gasteiger charge is 2.40. The molecule has 90 valence electrons. The molecule has 1 rings (SSSR count). The molecule has 0 aromatic heterocycles. The molecule has 1 saturated carbocycles. The molecule has 0 aromatic carbocycles. The highest BCUT2D eigenvalue weighted by Crippen LogP contribution is 2.38. The maximum absolute atomic E-state index is 6.40. The number of likely N-dealkylation sites (N-methyl/N-ethyl adjacent to an activating group) is 1. The maximum atomic E-state index is 6.40. The van der Waals surface area contributed by atoms with Gasteiger partial charge in [-0.1, -0.05) is 20.3 Å². The second-order valence-corrected chi connectivity index (χ2v) is 5.58. The van der Waals surface area contributed by atoms with Crippen LogP contribution in [0.5, 0.6) is 0 Å². The molecule has 0 amide bonds. The van der Waals surface area contributed by atoms with E-state index in [2.05, 4.69) is 32.8 Å². The molecule has 0 spiro atoms. The Morgan fingerprint density at radius 2 is 1.87 bits per heavy atom. The average molecular weight is 212 g/mol. The molecule has 15 heavy (non-hydrogen) atoms. The van der Waals surface area contributed by atoms with Crippen molar-refractivity contribution in [2.24, 2.45) is 11.7 Å². The van der Waals surface area contributed by atoms with Crippen molar-refractivity contribution < 1.29 is 0 Å². The molecule has 1 aliphatic carbocycles. The lowest BCUT2D eigenvalue weighted by molar-refractivity contribution is 0.0538. The summed E-state index contributed by atoms with van der Waals surface area (Å²) >= 11 is 0. The second-order valence-electron chi connectivity index (χ2n) is 5.58. The SMILES string of the molecule is CCCC(N)C1(N(C)C)CCC(C)CC1. The standard InChI is InChI=1S/C13H28N2/c1-5-6-12(14)13(15(3)4)9-7-11(2)8-10-13/h11-12H,5-10,14H2,1-4H3. The molecule has 0 aromatic rings. The van der Waals surface area contributed by atoms with Crippen molar-refractivity contribution in [3.05, 3.63) is 0 Å². The van der Waals surface area contributed by atoms with Gasteiger partial charge in [-0.05, 0) is 52.1 Å². The van der Waals surface area contributed by atoms with Gasteiger partial charge in [0.15, 0.2) is 0 Å². The fraction of sp³-hybridized carbons (Fsp3) is 1.00. The smallest absolute Gasteiger partial charge is 0.0354 e. The van der Waals surface area contributed by atoms with Crippen molar-refractivity contribution in [2.45, 2.75) is 64.0 Å². The number of hydrogen-bond donors (Lipinski definition) is 1. The van der Waals surface area contributed by atoms with Gasteiger partial charge < -0.3 is 10.6 Å². The maximum Gasteiger partial charge on any atom is 0.0354 e. The molecule has 0 heterocycles. The number of nitrogens with two attached hydrogens (primary N) is 1. The Labute approximate surface area is 95.2 Å². The summed E-state index contributed by atoms with van der Waals surface area (Å²) in [5.41, 5.74) is 6.68. The molecule has 0 saturated heterocycles. The van der Waals surface area contributed by atoms with E-state index in [0.29, 0.717) is 6.04 Å². The Bertz CT molecular complexity index is 181. The Morgan fingerprint density at radius 1 is 1.33 bits per heavy atom. The van der Waals surface area contributed by atoms with E-state index in [1.807, 2.05) is 0 Å². The van der Waals surface area contributed by atoms with Gasteiger partial charge in [-0.2, -0.15) is 0 Å². The van der Waals surface area contributed by atoms with E-state index in [-0.39, 0.29) is 5.54 Å². The van der Waals surface area contributed by atoms with Crippen molar-refractivity contribution in [1.29, 1.82) is 0 Å². The zero-order valence-electron chi connectivity index (χ0n) is 10.9. The first-order chi connectivity index (χ1) is 7.03. The van der Waals surface area contributed by atoms with Crippen LogP contribution in [-0.4, -0.2) is 30.6 Å². The molecule has 0 aliphatic heterocycles. The van der Waals surface area contributed by atoms with E-state index in [9.17, 15) is 0 Å². The third-order valence-corrected chi connectivity index (χ3v) is 4.32. The van der Waals surface area contributed by atoms with Gasteiger partial charge in [-0.3, -0.25) is 0 Å². The zero-order valence-corrected chi connectivity index (χ0v) is 10.9. The van der Waals surface area contributed by atoms with Crippen LogP contribution >= 0.6 is 0 Å². The summed E-state index contributed by atoms with van der Waals surface area (Å²) in [6.45, 7) is 4.60. The molecule has 2 heteroatoms. The van der Waals surface area contributed by atoms with E-state index in [1.165, 1.54) is 32.1 Å². The van der Waals surface area contributed by atoms with Crippen molar-refractivity contribution in [1.82, 2.24) is 4.90 Å². The van der Waals surface area contributed by atoms with Crippen LogP contribution in [0.2, 0.25) is 0 Å². The molecule has 1 unspecified atom stereocenters. The molecule has 1 atom stereocenters. The third-order valence-electron chi connectivity index (χ3n) is 4.32. The molecular formula is C13H28N2. The minimum atomic E-state index is 0.280. The molecule has 0 bridgehead atoms. The van der Waals surface area contributed by atoms with Gasteiger partial charge in [0.25, 0.3) is 0 Å². The number of nitrogens with zero attached hydrogens (tertiary/aromatic N) is 1. The predicted molar refractivity (Wildman–Crippen MR) is 66.9 cm³/mol. The first-order valence-corrected chi connectivity index (χ1v) is 6.46. The highest BCUT2D eigenvalue weighted by molar-refractivity contribution is 4.99. The van der Waals surface area contributed by atoms with E-state index >= 15 is 0 Å². The summed E-state index contributed by atoms with van der Waals surface area (Å²) in [6, 6.07) is 0.352. The topological polar surface area (TPSA) is 29.3 Å². The van der Waals surface area contributed by atoms with Crippen LogP contribution in [0.1, 0.15) is 52.4 Å². The average Bonchev–Trinajstić information content (AvgIpc) is 2.19. The van der Waals surface area contributed by atoms with Gasteiger partial charge in [0.2, 0.25) is 0 Å². The van der Waals surface area contributed by atoms with Crippen molar-refractivity contribution in [3.8, 4) is 0 Å². The van der Waals surface area contributed by atoms with Crippen LogP contribution in [0.3, 0.4) is 0 Å². The molecule has 0 radical (unpaired) electrons. The largest absolute Gasteiger partial charge is 0.326 e. The second kappa shape index (κ2) is 5.31. The summed E-state index contributed by atoms with van der Waals surface area (Å²) in [5.74, 6) is 0.895. The van der Waals surface area contributed by atoms with E-state index in [0.717, 1.165) is 12.3 Å². The quantitative estimate of drug-likeness (QED) is 0.776. The van der Waals surface area contributed by atoms with Crippen LogP contribution in [0.15, 0.2) is 0 Å². The normalized spacial score (nSPS) is 34.4. The first kappa shape index (κ1) is 13.0. The molecule has 1 fully saturated rings. The first-order valence-electron chi connectivity index (χ1n) is 6.46. The molecule has 1 aliphatic rings. The minimum absolute atomic E-state index is 0.280. The Kier molecular flexibility index (Phi) is 4.60. The van der Waals surface area contributed by atoms with Crippen LogP contribution < -0.4 is 5.73 Å². The lowest BCUT2D eigenvalue weighted by Crippen LogP contribution is -2.58. The molecular weight excluding hydrogens is 184 g/mol. The third kappa shape index (κ3) is 2.73. The zero-order chi connectivity index (χ0) is 11.5. The van der Waals surface area contributed by atoms with E-state index in [1.54, 1.807) is 0 Å². The van der Waals surface area contributed by atoms with Crippen LogP contribution in [0.4, 0.5) is 0 Å². The Hall–Kier alpha value is -0.0800. The van der Waals surface area contributed by atoms with E-state index in [4.69, 9.17) is 5.73 Å². The fourth-order valence-corrected chi connectivity index (χ4v) is 2.99.